The number of rotatable bonds is 4. The van der Waals surface area contributed by atoms with E-state index in [9.17, 15) is 9.59 Å². The Morgan fingerprint density at radius 3 is 2.39 bits per heavy atom. The van der Waals surface area contributed by atoms with Gasteiger partial charge < -0.3 is 4.57 Å². The van der Waals surface area contributed by atoms with Crippen LogP contribution in [0.4, 0.5) is 0 Å². The molecule has 0 aliphatic heterocycles. The van der Waals surface area contributed by atoms with E-state index >= 15 is 0 Å². The first-order valence-electron chi connectivity index (χ1n) is 9.58. The van der Waals surface area contributed by atoms with Gasteiger partial charge in [0.1, 0.15) is 5.65 Å². The summed E-state index contributed by atoms with van der Waals surface area (Å²) in [5.41, 5.74) is 3.94. The SMILES string of the molecule is Cn1c(=O)c2ncn(Cc3ccc(-c4ccccc4-c4nnn[nH]4)cc3)c2n(C)c1=O. The molecule has 5 rings (SSSR count). The lowest BCUT2D eigenvalue weighted by atomic mass is 9.98. The highest BCUT2D eigenvalue weighted by atomic mass is 16.2. The molecule has 0 amide bonds. The van der Waals surface area contributed by atoms with Gasteiger partial charge >= 0.3 is 5.69 Å². The molecule has 10 heteroatoms. The van der Waals surface area contributed by atoms with E-state index in [1.165, 1.54) is 11.6 Å². The molecule has 10 nitrogen and oxygen atoms in total. The summed E-state index contributed by atoms with van der Waals surface area (Å²) in [7, 11) is 3.09. The molecule has 0 aliphatic carbocycles. The highest BCUT2D eigenvalue weighted by Crippen LogP contribution is 2.29. The van der Waals surface area contributed by atoms with Crippen molar-refractivity contribution in [2.75, 3.05) is 0 Å². The smallest absolute Gasteiger partial charge is 0.312 e. The normalized spacial score (nSPS) is 11.3. The molecule has 5 aromatic rings. The summed E-state index contributed by atoms with van der Waals surface area (Å²) in [5.74, 6) is 0.604. The molecule has 3 aromatic heterocycles. The molecule has 0 saturated carbocycles. The molecule has 154 valence electrons. The maximum absolute atomic E-state index is 12.4. The van der Waals surface area contributed by atoms with Gasteiger partial charge in [-0.25, -0.2) is 14.9 Å². The zero-order valence-corrected chi connectivity index (χ0v) is 16.9. The number of aromatic amines is 1. The fourth-order valence-corrected chi connectivity index (χ4v) is 3.76. The Morgan fingerprint density at radius 2 is 1.68 bits per heavy atom. The summed E-state index contributed by atoms with van der Waals surface area (Å²) in [4.78, 5) is 28.9. The Kier molecular flexibility index (Phi) is 4.32. The van der Waals surface area contributed by atoms with Crippen LogP contribution in [0.5, 0.6) is 0 Å². The minimum absolute atomic E-state index is 0.274. The Bertz CT molecular complexity index is 1510. The largest absolute Gasteiger partial charge is 0.332 e. The monoisotopic (exact) mass is 414 g/mol. The first kappa shape index (κ1) is 18.7. The molecule has 31 heavy (non-hydrogen) atoms. The molecule has 0 atom stereocenters. The number of nitrogens with zero attached hydrogens (tertiary/aromatic N) is 7. The number of aromatic nitrogens is 8. The number of nitrogens with one attached hydrogen (secondary N) is 1. The standard InChI is InChI=1S/C21H18N8O2/c1-27-19-17(20(30)28(2)21(27)31)22-12-29(19)11-13-7-9-14(10-8-13)15-5-3-4-6-16(15)18-23-25-26-24-18/h3-10,12H,11H2,1-2H3,(H,23,24,25,26). The average molecular weight is 414 g/mol. The molecule has 2 aromatic carbocycles. The van der Waals surface area contributed by atoms with Crippen molar-refractivity contribution in [3.05, 3.63) is 81.3 Å². The predicted molar refractivity (Wildman–Crippen MR) is 114 cm³/mol. The van der Waals surface area contributed by atoms with Gasteiger partial charge in [0.15, 0.2) is 11.3 Å². The summed E-state index contributed by atoms with van der Waals surface area (Å²) >= 11 is 0. The molecule has 0 spiro atoms. The molecule has 0 radical (unpaired) electrons. The van der Waals surface area contributed by atoms with Gasteiger partial charge in [0, 0.05) is 19.7 Å². The van der Waals surface area contributed by atoms with E-state index in [1.807, 2.05) is 48.5 Å². The fourth-order valence-electron chi connectivity index (χ4n) is 3.76. The van der Waals surface area contributed by atoms with E-state index in [4.69, 9.17) is 0 Å². The lowest BCUT2D eigenvalue weighted by Gasteiger charge is -2.10. The lowest BCUT2D eigenvalue weighted by Crippen LogP contribution is -2.37. The number of H-pyrrole nitrogens is 1. The minimum Gasteiger partial charge on any atom is -0.312 e. The van der Waals surface area contributed by atoms with Crippen molar-refractivity contribution < 1.29 is 0 Å². The van der Waals surface area contributed by atoms with E-state index < -0.39 is 5.56 Å². The zero-order chi connectivity index (χ0) is 21.5. The molecule has 3 heterocycles. The van der Waals surface area contributed by atoms with Crippen molar-refractivity contribution in [3.8, 4) is 22.5 Å². The van der Waals surface area contributed by atoms with Gasteiger partial charge in [-0.1, -0.05) is 48.5 Å². The average Bonchev–Trinajstić information content (AvgIpc) is 3.47. The van der Waals surface area contributed by atoms with Crippen LogP contribution in [-0.4, -0.2) is 39.3 Å². The Hall–Kier alpha value is -4.34. The van der Waals surface area contributed by atoms with Crippen LogP contribution in [0.2, 0.25) is 0 Å². The van der Waals surface area contributed by atoms with Crippen molar-refractivity contribution >= 4 is 11.2 Å². The van der Waals surface area contributed by atoms with Crippen LogP contribution in [0.1, 0.15) is 5.56 Å². The second-order valence-electron chi connectivity index (χ2n) is 7.24. The molecule has 1 N–H and O–H groups in total. The van der Waals surface area contributed by atoms with Crippen LogP contribution in [0, 0.1) is 0 Å². The van der Waals surface area contributed by atoms with Crippen molar-refractivity contribution in [1.82, 2.24) is 39.3 Å². The molecule has 0 unspecified atom stereocenters. The van der Waals surface area contributed by atoms with E-state index in [2.05, 4.69) is 25.6 Å². The van der Waals surface area contributed by atoms with Gasteiger partial charge in [0.05, 0.1) is 12.9 Å². The van der Waals surface area contributed by atoms with Crippen LogP contribution in [-0.2, 0) is 20.6 Å². The Labute approximate surface area is 175 Å². The number of tetrazole rings is 1. The van der Waals surface area contributed by atoms with E-state index in [1.54, 1.807) is 17.9 Å². The summed E-state index contributed by atoms with van der Waals surface area (Å²) in [6.07, 6.45) is 1.59. The number of hydrogen-bond donors (Lipinski definition) is 1. The van der Waals surface area contributed by atoms with E-state index in [0.29, 0.717) is 18.0 Å². The number of imidazole rings is 1. The summed E-state index contributed by atoms with van der Waals surface area (Å²) in [5, 5.41) is 14.1. The van der Waals surface area contributed by atoms with Crippen molar-refractivity contribution in [3.63, 3.8) is 0 Å². The van der Waals surface area contributed by atoms with Crippen LogP contribution in [0.3, 0.4) is 0 Å². The summed E-state index contributed by atoms with van der Waals surface area (Å²) in [6, 6.07) is 15.9. The third-order valence-corrected chi connectivity index (χ3v) is 5.35. The Balaban J connectivity index is 1.51. The minimum atomic E-state index is -0.397. The highest BCUT2D eigenvalue weighted by molar-refractivity contribution is 5.80. The zero-order valence-electron chi connectivity index (χ0n) is 16.9. The number of benzene rings is 2. The van der Waals surface area contributed by atoms with Gasteiger partial charge in [0.25, 0.3) is 5.56 Å². The van der Waals surface area contributed by atoms with Crippen LogP contribution in [0.15, 0.2) is 64.4 Å². The molecular weight excluding hydrogens is 396 g/mol. The maximum atomic E-state index is 12.4. The van der Waals surface area contributed by atoms with Gasteiger partial charge in [0.2, 0.25) is 0 Å². The topological polar surface area (TPSA) is 116 Å². The molecule has 0 bridgehead atoms. The maximum Gasteiger partial charge on any atom is 0.332 e. The quantitative estimate of drug-likeness (QED) is 0.474. The number of hydrogen-bond acceptors (Lipinski definition) is 6. The molecular formula is C21H18N8O2. The van der Waals surface area contributed by atoms with Crippen LogP contribution in [0.25, 0.3) is 33.7 Å². The van der Waals surface area contributed by atoms with Gasteiger partial charge in [-0.05, 0) is 27.1 Å². The predicted octanol–water partition coefficient (Wildman–Crippen LogP) is 1.33. The van der Waals surface area contributed by atoms with Crippen LogP contribution >= 0.6 is 0 Å². The first-order chi connectivity index (χ1) is 15.0. The fraction of sp³-hybridized carbons (Fsp3) is 0.143. The van der Waals surface area contributed by atoms with Crippen molar-refractivity contribution in [2.24, 2.45) is 14.1 Å². The van der Waals surface area contributed by atoms with Crippen molar-refractivity contribution in [2.45, 2.75) is 6.54 Å². The lowest BCUT2D eigenvalue weighted by molar-refractivity contribution is 0.688. The van der Waals surface area contributed by atoms with Gasteiger partial charge in [-0.2, -0.15) is 0 Å². The molecule has 0 aliphatic rings. The van der Waals surface area contributed by atoms with Gasteiger partial charge in [-0.3, -0.25) is 13.9 Å². The highest BCUT2D eigenvalue weighted by Gasteiger charge is 2.14. The van der Waals surface area contributed by atoms with E-state index in [0.717, 1.165) is 26.8 Å². The Morgan fingerprint density at radius 1 is 0.935 bits per heavy atom. The second-order valence-corrected chi connectivity index (χ2v) is 7.24. The molecule has 0 saturated heterocycles. The second kappa shape index (κ2) is 7.17. The van der Waals surface area contributed by atoms with Crippen molar-refractivity contribution in [1.29, 1.82) is 0 Å². The van der Waals surface area contributed by atoms with E-state index in [-0.39, 0.29) is 11.2 Å². The third-order valence-electron chi connectivity index (χ3n) is 5.35. The summed E-state index contributed by atoms with van der Waals surface area (Å²) < 4.78 is 4.32. The summed E-state index contributed by atoms with van der Waals surface area (Å²) in [6.45, 7) is 0.477. The van der Waals surface area contributed by atoms with Gasteiger partial charge in [-0.15, -0.1) is 5.10 Å². The number of fused-ring (bicyclic) bond motifs is 1. The first-order valence-corrected chi connectivity index (χ1v) is 9.58. The molecule has 0 fully saturated rings. The number of aryl methyl sites for hydroxylation is 1. The van der Waals surface area contributed by atoms with Crippen LogP contribution < -0.4 is 11.2 Å². The third kappa shape index (κ3) is 3.05.